The van der Waals surface area contributed by atoms with Gasteiger partial charge in [0.05, 0.1) is 0 Å². The summed E-state index contributed by atoms with van der Waals surface area (Å²) in [6.45, 7) is 26.4. The molecule has 4 aromatic rings. The van der Waals surface area contributed by atoms with E-state index in [1.165, 1.54) is 73.5 Å². The Morgan fingerprint density at radius 1 is 0.750 bits per heavy atom. The van der Waals surface area contributed by atoms with Crippen molar-refractivity contribution in [1.82, 2.24) is 8.97 Å². The van der Waals surface area contributed by atoms with E-state index >= 15 is 0 Å². The lowest BCUT2D eigenvalue weighted by atomic mass is 9.37. The van der Waals surface area contributed by atoms with Crippen LogP contribution in [0, 0.1) is 27.7 Å². The van der Waals surface area contributed by atoms with Gasteiger partial charge in [-0.05, 0) is 101 Å². The Hall–Kier alpha value is -2.68. The minimum atomic E-state index is 0.0856. The fraction of sp³-hybridized carbons (Fsp3) is 0.455. The lowest BCUT2D eigenvalue weighted by Crippen LogP contribution is -2.54. The number of imidazole rings is 1. The third-order valence-corrected chi connectivity index (χ3v) is 10.1. The quantitative estimate of drug-likeness (QED) is 0.238. The van der Waals surface area contributed by atoms with Gasteiger partial charge in [0.1, 0.15) is 5.65 Å². The summed E-state index contributed by atoms with van der Waals surface area (Å²) < 4.78 is 5.12. The van der Waals surface area contributed by atoms with Crippen LogP contribution in [0.3, 0.4) is 0 Å². The highest BCUT2D eigenvalue weighted by Gasteiger charge is 2.48. The van der Waals surface area contributed by atoms with Crippen LogP contribution in [0.15, 0.2) is 24.3 Å². The molecular formula is C33H39BN2. The molecule has 0 saturated heterocycles. The van der Waals surface area contributed by atoms with Crippen molar-refractivity contribution in [3.63, 3.8) is 0 Å². The van der Waals surface area contributed by atoms with Crippen molar-refractivity contribution in [2.75, 3.05) is 0 Å². The molecule has 0 fully saturated rings. The molecule has 0 bridgehead atoms. The van der Waals surface area contributed by atoms with Crippen molar-refractivity contribution in [3.05, 3.63) is 63.6 Å². The van der Waals surface area contributed by atoms with Crippen molar-refractivity contribution in [3.8, 4) is 16.8 Å². The number of fused-ring (bicyclic) bond motifs is 6. The smallest absolute Gasteiger partial charge is 0.250 e. The average molecular weight is 475 g/mol. The van der Waals surface area contributed by atoms with Gasteiger partial charge in [-0.15, -0.1) is 0 Å². The Kier molecular flexibility index (Phi) is 3.90. The zero-order valence-electron chi connectivity index (χ0n) is 24.0. The number of aromatic nitrogens is 2. The second-order valence-corrected chi connectivity index (χ2v) is 14.4. The van der Waals surface area contributed by atoms with Crippen LogP contribution in [-0.4, -0.2) is 15.7 Å². The number of hydrogen-bond acceptors (Lipinski definition) is 0. The molecule has 2 aromatic heterocycles. The summed E-state index contributed by atoms with van der Waals surface area (Å²) in [5, 5.41) is 0. The second-order valence-electron chi connectivity index (χ2n) is 14.4. The lowest BCUT2D eigenvalue weighted by molar-refractivity contribution is 0.403. The molecule has 2 aliphatic heterocycles. The molecule has 0 radical (unpaired) electrons. The minimum absolute atomic E-state index is 0.0856. The molecule has 0 N–H and O–H groups in total. The molecule has 2 aromatic carbocycles. The average Bonchev–Trinajstić information content (AvgIpc) is 3.38. The molecule has 0 saturated carbocycles. The molecule has 3 heteroatoms. The van der Waals surface area contributed by atoms with Gasteiger partial charge in [0.2, 0.25) is 0 Å². The fourth-order valence-corrected chi connectivity index (χ4v) is 8.30. The third kappa shape index (κ3) is 2.41. The van der Waals surface area contributed by atoms with Crippen LogP contribution in [0.5, 0.6) is 0 Å². The zero-order chi connectivity index (χ0) is 25.9. The normalized spacial score (nSPS) is 18.1. The van der Waals surface area contributed by atoms with Gasteiger partial charge < -0.3 is 4.40 Å². The molecular weight excluding hydrogens is 435 g/mol. The van der Waals surface area contributed by atoms with Crippen molar-refractivity contribution in [1.29, 1.82) is 0 Å². The van der Waals surface area contributed by atoms with E-state index in [1.54, 1.807) is 11.1 Å². The van der Waals surface area contributed by atoms with Gasteiger partial charge in [0.15, 0.2) is 0 Å². The predicted octanol–water partition coefficient (Wildman–Crippen LogP) is 6.03. The highest BCUT2D eigenvalue weighted by molar-refractivity contribution is 7.01. The van der Waals surface area contributed by atoms with Gasteiger partial charge in [-0.1, -0.05) is 72.1 Å². The summed E-state index contributed by atoms with van der Waals surface area (Å²) in [5.41, 5.74) is 20.9. The van der Waals surface area contributed by atoms with Crippen LogP contribution >= 0.6 is 0 Å². The Balaban J connectivity index is 1.68. The van der Waals surface area contributed by atoms with Crippen LogP contribution in [-0.2, 0) is 16.2 Å². The molecule has 0 atom stereocenters. The van der Waals surface area contributed by atoms with Gasteiger partial charge in [-0.2, -0.15) is 0 Å². The Morgan fingerprint density at radius 2 is 1.39 bits per heavy atom. The van der Waals surface area contributed by atoms with Crippen molar-refractivity contribution < 1.29 is 0 Å². The van der Waals surface area contributed by atoms with Crippen LogP contribution in [0.25, 0.3) is 22.5 Å². The topological polar surface area (TPSA) is 9.34 Å². The van der Waals surface area contributed by atoms with E-state index in [9.17, 15) is 0 Å². The van der Waals surface area contributed by atoms with Gasteiger partial charge in [0, 0.05) is 22.8 Å². The summed E-state index contributed by atoms with van der Waals surface area (Å²) >= 11 is 0. The first kappa shape index (κ1) is 22.5. The zero-order valence-corrected chi connectivity index (χ0v) is 24.0. The van der Waals surface area contributed by atoms with Crippen LogP contribution in [0.1, 0.15) is 94.2 Å². The number of aryl methyl sites for hydroxylation is 2. The summed E-state index contributed by atoms with van der Waals surface area (Å²) in [4.78, 5) is 0. The predicted molar refractivity (Wildman–Crippen MR) is 155 cm³/mol. The third-order valence-electron chi connectivity index (χ3n) is 10.1. The fourth-order valence-electron chi connectivity index (χ4n) is 8.30. The van der Waals surface area contributed by atoms with E-state index < -0.39 is 0 Å². The standard InChI is InChI=1S/C33H39BN2/c1-17-18(2)35-19(3)20(4)36-27-13-21(31(5,6)7)12-23-22-14-24-25(33(10,11)16-32(24,8)9)15-26(22)34(29(23)27)28(17)30(35)36/h12-15H,16H2,1-11H3. The highest BCUT2D eigenvalue weighted by Crippen LogP contribution is 2.51. The first-order valence-electron chi connectivity index (χ1n) is 13.7. The Morgan fingerprint density at radius 3 is 2.03 bits per heavy atom. The van der Waals surface area contributed by atoms with E-state index in [0.717, 1.165) is 0 Å². The molecule has 0 spiro atoms. The molecule has 1 aliphatic carbocycles. The number of hydrogen-bond donors (Lipinski definition) is 0. The Bertz CT molecular complexity index is 1680. The maximum absolute atomic E-state index is 2.63. The first-order valence-corrected chi connectivity index (χ1v) is 13.7. The van der Waals surface area contributed by atoms with Crippen LogP contribution in [0.2, 0.25) is 0 Å². The SMILES string of the molecule is Cc1c2c3n(c(C)c(C)n3c1C)-c1cc(C(C)(C)C)cc3c1B2c1cc2c(cc1-3)C(C)(C)CC2(C)C. The van der Waals surface area contributed by atoms with Crippen molar-refractivity contribution in [2.45, 2.75) is 98.8 Å². The number of benzene rings is 2. The molecule has 2 nitrogen and oxygen atoms in total. The molecule has 36 heavy (non-hydrogen) atoms. The van der Waals surface area contributed by atoms with E-state index in [4.69, 9.17) is 0 Å². The summed E-state index contributed by atoms with van der Waals surface area (Å²) in [5.74, 6) is 0. The van der Waals surface area contributed by atoms with Crippen molar-refractivity contribution >= 4 is 28.7 Å². The summed E-state index contributed by atoms with van der Waals surface area (Å²) in [6, 6.07) is 10.3. The number of nitrogens with zero attached hydrogens (tertiary/aromatic N) is 2. The monoisotopic (exact) mass is 474 g/mol. The van der Waals surface area contributed by atoms with E-state index in [2.05, 4.69) is 109 Å². The maximum Gasteiger partial charge on any atom is 0.250 e. The van der Waals surface area contributed by atoms with Crippen LogP contribution in [0.4, 0.5) is 0 Å². The van der Waals surface area contributed by atoms with E-state index in [0.29, 0.717) is 6.71 Å². The molecule has 4 heterocycles. The van der Waals surface area contributed by atoms with Crippen molar-refractivity contribution in [2.24, 2.45) is 0 Å². The molecule has 0 amide bonds. The highest BCUT2D eigenvalue weighted by atomic mass is 15.2. The van der Waals surface area contributed by atoms with Gasteiger partial charge in [0.25, 0.3) is 6.71 Å². The van der Waals surface area contributed by atoms with E-state index in [1.807, 2.05) is 0 Å². The largest absolute Gasteiger partial charge is 0.303 e. The lowest BCUT2D eigenvalue weighted by Gasteiger charge is -2.27. The summed E-state index contributed by atoms with van der Waals surface area (Å²) in [6.07, 6.45) is 1.21. The van der Waals surface area contributed by atoms with Crippen LogP contribution < -0.4 is 16.4 Å². The summed E-state index contributed by atoms with van der Waals surface area (Å²) in [7, 11) is 0. The molecule has 3 aliphatic rings. The van der Waals surface area contributed by atoms with Gasteiger partial charge in [-0.25, -0.2) is 0 Å². The van der Waals surface area contributed by atoms with Gasteiger partial charge in [-0.3, -0.25) is 4.57 Å². The molecule has 0 unspecified atom stereocenters. The molecule has 7 rings (SSSR count). The first-order chi connectivity index (χ1) is 16.6. The Labute approximate surface area is 216 Å². The maximum atomic E-state index is 2.63. The van der Waals surface area contributed by atoms with E-state index in [-0.39, 0.29) is 16.2 Å². The molecule has 184 valence electrons. The number of rotatable bonds is 0. The second kappa shape index (κ2) is 6.23. The minimum Gasteiger partial charge on any atom is -0.303 e. The van der Waals surface area contributed by atoms with Gasteiger partial charge >= 0.3 is 0 Å².